The van der Waals surface area contributed by atoms with Crippen LogP contribution in [0.3, 0.4) is 0 Å². The number of hydrogen-bond acceptors (Lipinski definition) is 5. The Labute approximate surface area is 205 Å². The molecule has 0 unspecified atom stereocenters. The molecule has 7 heteroatoms. The Bertz CT molecular complexity index is 1140. The Morgan fingerprint density at radius 3 is 2.53 bits per heavy atom. The van der Waals surface area contributed by atoms with E-state index in [1.54, 1.807) is 0 Å². The highest BCUT2D eigenvalue weighted by Crippen LogP contribution is 2.48. The predicted octanol–water partition coefficient (Wildman–Crippen LogP) is 4.82. The van der Waals surface area contributed by atoms with Gasteiger partial charge in [0.25, 0.3) is 0 Å². The van der Waals surface area contributed by atoms with E-state index in [2.05, 4.69) is 24.1 Å². The van der Waals surface area contributed by atoms with Gasteiger partial charge in [0.15, 0.2) is 5.78 Å². The monoisotopic (exact) mass is 479 g/mol. The zero-order chi connectivity index (χ0) is 23.9. The van der Waals surface area contributed by atoms with Crippen molar-refractivity contribution in [1.82, 2.24) is 4.90 Å². The zero-order valence-corrected chi connectivity index (χ0v) is 20.4. The van der Waals surface area contributed by atoms with Crippen LogP contribution >= 0.6 is 11.6 Å². The number of carbonyl (C=O) groups excluding carboxylic acids is 2. The Morgan fingerprint density at radius 2 is 1.79 bits per heavy atom. The van der Waals surface area contributed by atoms with Gasteiger partial charge in [-0.2, -0.15) is 0 Å². The lowest BCUT2D eigenvalue weighted by molar-refractivity contribution is -0.133. The second-order valence-corrected chi connectivity index (χ2v) is 10.5. The molecule has 2 aromatic rings. The molecule has 2 heterocycles. The Hall–Kier alpha value is -2.83. The van der Waals surface area contributed by atoms with Gasteiger partial charge in [0.05, 0.1) is 37.2 Å². The van der Waals surface area contributed by atoms with E-state index >= 15 is 0 Å². The number of hydrogen-bond donors (Lipinski definition) is 1. The number of rotatable bonds is 3. The van der Waals surface area contributed by atoms with Crippen molar-refractivity contribution in [2.24, 2.45) is 5.41 Å². The van der Waals surface area contributed by atoms with Crippen molar-refractivity contribution < 1.29 is 14.3 Å². The van der Waals surface area contributed by atoms with Gasteiger partial charge in [0.2, 0.25) is 5.91 Å². The average Bonchev–Trinajstić information content (AvgIpc) is 2.94. The van der Waals surface area contributed by atoms with Gasteiger partial charge in [-0.25, -0.2) is 0 Å². The first-order chi connectivity index (χ1) is 16.3. The highest BCUT2D eigenvalue weighted by molar-refractivity contribution is 6.30. The second-order valence-electron chi connectivity index (χ2n) is 10.1. The third-order valence-electron chi connectivity index (χ3n) is 6.86. The molecule has 1 atom stereocenters. The van der Waals surface area contributed by atoms with Gasteiger partial charge in [-0.05, 0) is 41.7 Å². The Kier molecular flexibility index (Phi) is 6.13. The molecule has 0 saturated carbocycles. The van der Waals surface area contributed by atoms with E-state index in [0.29, 0.717) is 37.7 Å². The molecule has 0 bridgehead atoms. The third-order valence-corrected chi connectivity index (χ3v) is 7.11. The minimum absolute atomic E-state index is 0.0321. The summed E-state index contributed by atoms with van der Waals surface area (Å²) in [5.74, 6) is 0.153. The number of ketones is 1. The lowest BCUT2D eigenvalue weighted by Crippen LogP contribution is -2.47. The van der Waals surface area contributed by atoms with Crippen LogP contribution in [-0.2, 0) is 14.3 Å². The van der Waals surface area contributed by atoms with Crippen molar-refractivity contribution in [3.63, 3.8) is 0 Å². The number of Topliss-reactive ketones (excluding diaryl/α,β-unsaturated/α-hetero) is 1. The van der Waals surface area contributed by atoms with Gasteiger partial charge in [0.1, 0.15) is 0 Å². The molecule has 6 nitrogen and oxygen atoms in total. The van der Waals surface area contributed by atoms with Crippen LogP contribution in [0.5, 0.6) is 0 Å². The number of ether oxygens (including phenoxy) is 1. The molecule has 1 fully saturated rings. The first-order valence-corrected chi connectivity index (χ1v) is 12.2. The number of halogens is 1. The minimum atomic E-state index is -0.392. The van der Waals surface area contributed by atoms with E-state index in [1.807, 2.05) is 53.4 Å². The quantitative estimate of drug-likeness (QED) is 0.684. The van der Waals surface area contributed by atoms with Crippen molar-refractivity contribution in [2.75, 3.05) is 43.1 Å². The number of nitrogens with one attached hydrogen (secondary N) is 1. The number of nitrogens with zero attached hydrogens (tertiary/aromatic N) is 2. The van der Waals surface area contributed by atoms with E-state index in [1.165, 1.54) is 0 Å². The zero-order valence-electron chi connectivity index (χ0n) is 19.6. The van der Waals surface area contributed by atoms with Gasteiger partial charge >= 0.3 is 0 Å². The maximum absolute atomic E-state index is 13.7. The molecular weight excluding hydrogens is 450 g/mol. The number of morpholine rings is 1. The van der Waals surface area contributed by atoms with E-state index in [9.17, 15) is 9.59 Å². The van der Waals surface area contributed by atoms with E-state index in [0.717, 1.165) is 34.6 Å². The van der Waals surface area contributed by atoms with Gasteiger partial charge in [0, 0.05) is 35.8 Å². The first kappa shape index (κ1) is 22.9. The fourth-order valence-electron chi connectivity index (χ4n) is 5.28. The van der Waals surface area contributed by atoms with Crippen LogP contribution in [0.15, 0.2) is 59.8 Å². The molecular formula is C27H30ClN3O3. The van der Waals surface area contributed by atoms with Crippen molar-refractivity contribution in [1.29, 1.82) is 0 Å². The molecule has 1 aliphatic carbocycles. The van der Waals surface area contributed by atoms with Crippen LogP contribution in [0.4, 0.5) is 11.4 Å². The maximum atomic E-state index is 13.7. The van der Waals surface area contributed by atoms with Crippen LogP contribution < -0.4 is 10.2 Å². The number of benzene rings is 2. The first-order valence-electron chi connectivity index (χ1n) is 11.8. The number of para-hydroxylation sites is 2. The van der Waals surface area contributed by atoms with E-state index in [4.69, 9.17) is 16.3 Å². The normalized spacial score (nSPS) is 22.0. The second kappa shape index (κ2) is 9.08. The number of allylic oxidation sites excluding steroid dienone is 1. The smallest absolute Gasteiger partial charge is 0.242 e. The summed E-state index contributed by atoms with van der Waals surface area (Å²) in [6.07, 6.45) is 1.23. The average molecular weight is 480 g/mol. The van der Waals surface area contributed by atoms with Crippen LogP contribution in [0.1, 0.15) is 38.3 Å². The SMILES string of the molecule is CC1(C)CC(=O)C2=C(C1)Nc1ccccc1N(CC(=O)N1CCOCC1)[C@@H]2c1ccc(Cl)cc1. The standard InChI is InChI=1S/C27H30ClN3O3/c1-27(2)15-21-25(23(32)16-27)26(18-7-9-19(28)10-8-18)31(22-6-4-3-5-20(22)29-21)17-24(33)30-11-13-34-14-12-30/h3-10,26,29H,11-17H2,1-2H3/t26-/m1/s1. The topological polar surface area (TPSA) is 61.9 Å². The fourth-order valence-corrected chi connectivity index (χ4v) is 5.40. The van der Waals surface area contributed by atoms with Crippen LogP contribution in [0.25, 0.3) is 0 Å². The fraction of sp³-hybridized carbons (Fsp3) is 0.407. The molecule has 5 rings (SSSR count). The molecule has 2 aromatic carbocycles. The summed E-state index contributed by atoms with van der Waals surface area (Å²) in [4.78, 5) is 31.1. The summed E-state index contributed by atoms with van der Waals surface area (Å²) < 4.78 is 5.44. The van der Waals surface area contributed by atoms with Crippen LogP contribution in [-0.4, -0.2) is 49.4 Å². The van der Waals surface area contributed by atoms with Gasteiger partial charge in [-0.3, -0.25) is 9.59 Å². The summed E-state index contributed by atoms with van der Waals surface area (Å²) in [5.41, 5.74) is 4.30. The minimum Gasteiger partial charge on any atom is -0.378 e. The lowest BCUT2D eigenvalue weighted by atomic mass is 9.73. The predicted molar refractivity (Wildman–Crippen MR) is 134 cm³/mol. The molecule has 1 amide bonds. The molecule has 1 saturated heterocycles. The maximum Gasteiger partial charge on any atom is 0.242 e. The molecule has 2 aliphatic heterocycles. The Balaban J connectivity index is 1.66. The number of anilines is 2. The molecule has 0 spiro atoms. The van der Waals surface area contributed by atoms with Gasteiger partial charge in [-0.15, -0.1) is 0 Å². The summed E-state index contributed by atoms with van der Waals surface area (Å²) in [6.45, 7) is 6.69. The molecule has 178 valence electrons. The largest absolute Gasteiger partial charge is 0.378 e. The molecule has 0 radical (unpaired) electrons. The van der Waals surface area contributed by atoms with E-state index in [-0.39, 0.29) is 23.7 Å². The summed E-state index contributed by atoms with van der Waals surface area (Å²) in [5, 5.41) is 4.22. The molecule has 1 N–H and O–H groups in total. The molecule has 34 heavy (non-hydrogen) atoms. The number of fused-ring (bicyclic) bond motifs is 1. The van der Waals surface area contributed by atoms with Crippen molar-refractivity contribution >= 4 is 34.7 Å². The van der Waals surface area contributed by atoms with Crippen molar-refractivity contribution in [2.45, 2.75) is 32.7 Å². The van der Waals surface area contributed by atoms with Crippen molar-refractivity contribution in [3.8, 4) is 0 Å². The van der Waals surface area contributed by atoms with Crippen molar-refractivity contribution in [3.05, 3.63) is 70.4 Å². The third kappa shape index (κ3) is 4.44. The molecule has 3 aliphatic rings. The number of carbonyl (C=O) groups is 2. The summed E-state index contributed by atoms with van der Waals surface area (Å²) >= 11 is 6.21. The number of amides is 1. The van der Waals surface area contributed by atoms with Gasteiger partial charge in [-0.1, -0.05) is 49.7 Å². The van der Waals surface area contributed by atoms with Crippen LogP contribution in [0, 0.1) is 5.41 Å². The highest BCUT2D eigenvalue weighted by atomic mass is 35.5. The Morgan fingerprint density at radius 1 is 1.09 bits per heavy atom. The molecule has 0 aromatic heterocycles. The summed E-state index contributed by atoms with van der Waals surface area (Å²) in [6, 6.07) is 15.2. The van der Waals surface area contributed by atoms with E-state index < -0.39 is 6.04 Å². The highest BCUT2D eigenvalue weighted by Gasteiger charge is 2.42. The summed E-state index contributed by atoms with van der Waals surface area (Å²) in [7, 11) is 0. The lowest BCUT2D eigenvalue weighted by Gasteiger charge is -2.39. The van der Waals surface area contributed by atoms with Gasteiger partial charge < -0.3 is 19.9 Å². The van der Waals surface area contributed by atoms with Crippen LogP contribution in [0.2, 0.25) is 5.02 Å².